The Morgan fingerprint density at radius 2 is 1.84 bits per heavy atom. The molecular formula is C18H25N3O4. The summed E-state index contributed by atoms with van der Waals surface area (Å²) in [6.45, 7) is 2.49. The van der Waals surface area contributed by atoms with E-state index in [1.54, 1.807) is 18.2 Å². The van der Waals surface area contributed by atoms with E-state index in [0.29, 0.717) is 49.8 Å². The topological polar surface area (TPSA) is 79.9 Å². The molecule has 0 atom stereocenters. The van der Waals surface area contributed by atoms with Crippen LogP contribution in [0.15, 0.2) is 18.2 Å². The maximum absolute atomic E-state index is 12.6. The molecule has 1 fully saturated rings. The molecule has 1 aromatic carbocycles. The van der Waals surface area contributed by atoms with Crippen LogP contribution in [-0.2, 0) is 9.59 Å². The molecule has 0 radical (unpaired) electrons. The predicted octanol–water partition coefficient (Wildman–Crippen LogP) is 1.24. The number of ether oxygens (including phenoxy) is 2. The average molecular weight is 347 g/mol. The molecule has 0 unspecified atom stereocenters. The minimum atomic E-state index is -0.925. The summed E-state index contributed by atoms with van der Waals surface area (Å²) in [6, 6.07) is 5.26. The van der Waals surface area contributed by atoms with Crippen LogP contribution in [0.2, 0.25) is 0 Å². The van der Waals surface area contributed by atoms with Crippen LogP contribution in [0.3, 0.4) is 0 Å². The molecule has 7 heteroatoms. The van der Waals surface area contributed by atoms with E-state index in [2.05, 4.69) is 15.5 Å². The zero-order valence-electron chi connectivity index (χ0n) is 14.8. The largest absolute Gasteiger partial charge is 0.486 e. The fourth-order valence-corrected chi connectivity index (χ4v) is 2.82. The van der Waals surface area contributed by atoms with Crippen LogP contribution in [0.5, 0.6) is 11.5 Å². The van der Waals surface area contributed by atoms with E-state index in [9.17, 15) is 9.59 Å². The average Bonchev–Trinajstić information content (AvgIpc) is 3.40. The van der Waals surface area contributed by atoms with Gasteiger partial charge >= 0.3 is 0 Å². The zero-order valence-corrected chi connectivity index (χ0v) is 14.8. The van der Waals surface area contributed by atoms with Gasteiger partial charge in [-0.3, -0.25) is 9.59 Å². The summed E-state index contributed by atoms with van der Waals surface area (Å²) in [4.78, 5) is 27.1. The second-order valence-corrected chi connectivity index (χ2v) is 6.81. The quantitative estimate of drug-likeness (QED) is 0.573. The van der Waals surface area contributed by atoms with Crippen molar-refractivity contribution in [3.63, 3.8) is 0 Å². The first-order valence-electron chi connectivity index (χ1n) is 8.65. The minimum absolute atomic E-state index is 0.179. The number of fused-ring (bicyclic) bond motifs is 1. The second-order valence-electron chi connectivity index (χ2n) is 6.81. The zero-order chi connectivity index (χ0) is 17.9. The Labute approximate surface area is 147 Å². The van der Waals surface area contributed by atoms with Gasteiger partial charge < -0.3 is 25.0 Å². The lowest BCUT2D eigenvalue weighted by atomic mass is 10.0. The molecule has 2 aliphatic rings. The highest BCUT2D eigenvalue weighted by Crippen LogP contribution is 2.47. The summed E-state index contributed by atoms with van der Waals surface area (Å²) in [5.41, 5.74) is -0.313. The summed E-state index contributed by atoms with van der Waals surface area (Å²) in [5.74, 6) is 0.849. The summed E-state index contributed by atoms with van der Waals surface area (Å²) >= 11 is 0. The minimum Gasteiger partial charge on any atom is -0.486 e. The van der Waals surface area contributed by atoms with Gasteiger partial charge in [-0.25, -0.2) is 0 Å². The Kier molecular flexibility index (Phi) is 5.13. The van der Waals surface area contributed by atoms with Crippen molar-refractivity contribution in [1.82, 2.24) is 10.2 Å². The van der Waals surface area contributed by atoms with E-state index in [1.165, 1.54) is 0 Å². The van der Waals surface area contributed by atoms with Crippen LogP contribution < -0.4 is 20.1 Å². The lowest BCUT2D eigenvalue weighted by Gasteiger charge is -2.20. The van der Waals surface area contributed by atoms with E-state index in [0.717, 1.165) is 13.0 Å². The van der Waals surface area contributed by atoms with Crippen molar-refractivity contribution in [2.45, 2.75) is 19.3 Å². The molecule has 1 aliphatic carbocycles. The summed E-state index contributed by atoms with van der Waals surface area (Å²) in [5, 5.41) is 5.73. The predicted molar refractivity (Wildman–Crippen MR) is 93.9 cm³/mol. The molecule has 1 aliphatic heterocycles. The third-order valence-corrected chi connectivity index (χ3v) is 4.49. The van der Waals surface area contributed by atoms with E-state index in [4.69, 9.17) is 9.47 Å². The molecule has 7 nitrogen and oxygen atoms in total. The van der Waals surface area contributed by atoms with Crippen molar-refractivity contribution in [1.29, 1.82) is 0 Å². The van der Waals surface area contributed by atoms with Crippen molar-refractivity contribution in [3.05, 3.63) is 18.2 Å². The number of anilines is 1. The maximum Gasteiger partial charge on any atom is 0.240 e. The molecule has 2 amide bonds. The molecule has 2 N–H and O–H groups in total. The molecule has 25 heavy (non-hydrogen) atoms. The van der Waals surface area contributed by atoms with Gasteiger partial charge in [-0.2, -0.15) is 0 Å². The number of carbonyl (C=O) groups is 2. The van der Waals surface area contributed by atoms with Crippen molar-refractivity contribution >= 4 is 17.5 Å². The highest BCUT2D eigenvalue weighted by atomic mass is 16.6. The molecule has 3 rings (SSSR count). The number of nitrogens with zero attached hydrogens (tertiary/aromatic N) is 1. The molecule has 136 valence electrons. The smallest absolute Gasteiger partial charge is 0.240 e. The van der Waals surface area contributed by atoms with Gasteiger partial charge in [-0.05, 0) is 52.0 Å². The Bertz CT molecular complexity index is 656. The molecule has 0 bridgehead atoms. The summed E-state index contributed by atoms with van der Waals surface area (Å²) < 4.78 is 11.0. The number of hydrogen-bond donors (Lipinski definition) is 2. The van der Waals surface area contributed by atoms with Gasteiger partial charge in [0.25, 0.3) is 0 Å². The number of carbonyl (C=O) groups excluding carboxylic acids is 2. The van der Waals surface area contributed by atoms with E-state index >= 15 is 0 Å². The van der Waals surface area contributed by atoms with Crippen LogP contribution in [0.25, 0.3) is 0 Å². The van der Waals surface area contributed by atoms with E-state index in [-0.39, 0.29) is 11.8 Å². The molecule has 0 aromatic heterocycles. The number of hydrogen-bond acceptors (Lipinski definition) is 5. The van der Waals surface area contributed by atoms with Gasteiger partial charge in [0.1, 0.15) is 18.6 Å². The highest BCUT2D eigenvalue weighted by Gasteiger charge is 2.56. The van der Waals surface area contributed by atoms with E-state index in [1.807, 2.05) is 14.1 Å². The lowest BCUT2D eigenvalue weighted by molar-refractivity contribution is -0.134. The lowest BCUT2D eigenvalue weighted by Crippen LogP contribution is -2.40. The molecule has 1 aromatic rings. The standard InChI is InChI=1S/C18H25N3O4/c1-21(2)9-3-8-19-16(22)18(6-7-18)17(23)20-13-4-5-14-15(12-13)25-11-10-24-14/h4-5,12H,3,6-11H2,1-2H3,(H,19,22)(H,20,23). The third kappa shape index (κ3) is 4.04. The Morgan fingerprint density at radius 3 is 2.52 bits per heavy atom. The Balaban J connectivity index is 1.56. The van der Waals surface area contributed by atoms with Crippen LogP contribution in [0.4, 0.5) is 5.69 Å². The third-order valence-electron chi connectivity index (χ3n) is 4.49. The van der Waals surface area contributed by atoms with Gasteiger partial charge in [0.2, 0.25) is 11.8 Å². The van der Waals surface area contributed by atoms with Crippen LogP contribution >= 0.6 is 0 Å². The monoisotopic (exact) mass is 347 g/mol. The second kappa shape index (κ2) is 7.31. The summed E-state index contributed by atoms with van der Waals surface area (Å²) in [7, 11) is 3.98. The normalized spacial score (nSPS) is 17.1. The van der Waals surface area contributed by atoms with Gasteiger partial charge in [-0.15, -0.1) is 0 Å². The highest BCUT2D eigenvalue weighted by molar-refractivity contribution is 6.13. The first kappa shape index (κ1) is 17.5. The van der Waals surface area contributed by atoms with Crippen molar-refractivity contribution in [2.75, 3.05) is 45.7 Å². The van der Waals surface area contributed by atoms with Crippen molar-refractivity contribution in [3.8, 4) is 11.5 Å². The Morgan fingerprint density at radius 1 is 1.12 bits per heavy atom. The number of amides is 2. The SMILES string of the molecule is CN(C)CCCNC(=O)C1(C(=O)Nc2ccc3c(c2)OCCO3)CC1. The van der Waals surface area contributed by atoms with Gasteiger partial charge in [-0.1, -0.05) is 0 Å². The van der Waals surface area contributed by atoms with Crippen LogP contribution in [0, 0.1) is 5.41 Å². The first-order chi connectivity index (χ1) is 12.0. The van der Waals surface area contributed by atoms with Crippen molar-refractivity contribution < 1.29 is 19.1 Å². The number of rotatable bonds is 7. The first-order valence-corrected chi connectivity index (χ1v) is 8.65. The van der Waals surface area contributed by atoms with Crippen LogP contribution in [-0.4, -0.2) is 57.1 Å². The van der Waals surface area contributed by atoms with Gasteiger partial charge in [0.15, 0.2) is 11.5 Å². The molecule has 1 saturated carbocycles. The van der Waals surface area contributed by atoms with Gasteiger partial charge in [0.05, 0.1) is 0 Å². The Hall–Kier alpha value is -2.28. The van der Waals surface area contributed by atoms with E-state index < -0.39 is 5.41 Å². The fraction of sp³-hybridized carbons (Fsp3) is 0.556. The molecule has 1 heterocycles. The fourth-order valence-electron chi connectivity index (χ4n) is 2.82. The summed E-state index contributed by atoms with van der Waals surface area (Å²) in [6.07, 6.45) is 2.03. The number of nitrogens with one attached hydrogen (secondary N) is 2. The number of benzene rings is 1. The van der Waals surface area contributed by atoms with Gasteiger partial charge in [0, 0.05) is 18.3 Å². The molecule has 0 spiro atoms. The molecule has 0 saturated heterocycles. The maximum atomic E-state index is 12.6. The molecular weight excluding hydrogens is 322 g/mol. The van der Waals surface area contributed by atoms with Crippen molar-refractivity contribution in [2.24, 2.45) is 5.41 Å². The van der Waals surface area contributed by atoms with Crippen LogP contribution in [0.1, 0.15) is 19.3 Å².